The van der Waals surface area contributed by atoms with Gasteiger partial charge in [0.25, 0.3) is 0 Å². The molecule has 11 nitrogen and oxygen atoms in total. The largest absolute Gasteiger partial charge is 0.480 e. The highest BCUT2D eigenvalue weighted by Gasteiger charge is 2.27. The van der Waals surface area contributed by atoms with Gasteiger partial charge < -0.3 is 38.7 Å². The second kappa shape index (κ2) is 13.9. The summed E-state index contributed by atoms with van der Waals surface area (Å²) in [6.45, 7) is 0.636. The lowest BCUT2D eigenvalue weighted by molar-refractivity contribution is -0.142. The van der Waals surface area contributed by atoms with E-state index in [2.05, 4.69) is 15.6 Å². The predicted molar refractivity (Wildman–Crippen MR) is 118 cm³/mol. The molecule has 0 radical (unpaired) electrons. The minimum absolute atomic E-state index is 0.0414. The lowest BCUT2D eigenvalue weighted by Crippen LogP contribution is -2.55. The molecule has 3 atom stereocenters. The number of aliphatic carboxylic acids is 1. The Hall–Kier alpha value is -3.18. The third-order valence-electron chi connectivity index (χ3n) is 4.53. The second-order valence-corrected chi connectivity index (χ2v) is 7.14. The summed E-state index contributed by atoms with van der Waals surface area (Å²) in [4.78, 5) is 40.6. The van der Waals surface area contributed by atoms with Crippen LogP contribution in [-0.2, 0) is 20.8 Å². The van der Waals surface area contributed by atoms with E-state index >= 15 is 0 Å². The van der Waals surface area contributed by atoms with Crippen molar-refractivity contribution in [3.63, 3.8) is 0 Å². The van der Waals surface area contributed by atoms with Crippen molar-refractivity contribution >= 4 is 23.7 Å². The van der Waals surface area contributed by atoms with E-state index in [4.69, 9.17) is 22.9 Å². The Labute approximate surface area is 181 Å². The maximum absolute atomic E-state index is 12.8. The number of hydrogen-bond acceptors (Lipinski definition) is 6. The second-order valence-electron chi connectivity index (χ2n) is 7.14. The zero-order valence-electron chi connectivity index (χ0n) is 17.5. The normalized spacial score (nSPS) is 13.5. The van der Waals surface area contributed by atoms with E-state index in [0.29, 0.717) is 32.4 Å². The lowest BCUT2D eigenvalue weighted by Gasteiger charge is -2.23. The van der Waals surface area contributed by atoms with Crippen LogP contribution in [0.5, 0.6) is 0 Å². The molecule has 11 N–H and O–H groups in total. The number of carboxylic acids is 1. The maximum Gasteiger partial charge on any atom is 0.326 e. The SMILES string of the molecule is NCCC[C@H](NC(=O)[C@H](Cc1ccccc1)NC(=O)[C@@H](N)CCCN=C(N)N)C(=O)O. The van der Waals surface area contributed by atoms with Gasteiger partial charge in [-0.3, -0.25) is 14.6 Å². The smallest absolute Gasteiger partial charge is 0.326 e. The minimum atomic E-state index is -1.16. The fourth-order valence-corrected chi connectivity index (χ4v) is 2.84. The van der Waals surface area contributed by atoms with E-state index in [1.54, 1.807) is 0 Å². The number of nitrogens with zero attached hydrogens (tertiary/aromatic N) is 1. The van der Waals surface area contributed by atoms with Crippen molar-refractivity contribution in [1.29, 1.82) is 0 Å². The van der Waals surface area contributed by atoms with Crippen molar-refractivity contribution in [3.8, 4) is 0 Å². The van der Waals surface area contributed by atoms with E-state index in [9.17, 15) is 19.5 Å². The molecular weight excluding hydrogens is 402 g/mol. The van der Waals surface area contributed by atoms with Gasteiger partial charge in [-0.25, -0.2) is 4.79 Å². The Kier molecular flexibility index (Phi) is 11.6. The van der Waals surface area contributed by atoms with Gasteiger partial charge in [0.15, 0.2) is 5.96 Å². The number of guanidine groups is 1. The van der Waals surface area contributed by atoms with Gasteiger partial charge >= 0.3 is 5.97 Å². The fraction of sp³-hybridized carbons (Fsp3) is 0.500. The Morgan fingerprint density at radius 2 is 1.61 bits per heavy atom. The van der Waals surface area contributed by atoms with Crippen LogP contribution in [0.15, 0.2) is 35.3 Å². The van der Waals surface area contributed by atoms with Gasteiger partial charge in [-0.15, -0.1) is 0 Å². The van der Waals surface area contributed by atoms with Crippen molar-refractivity contribution < 1.29 is 19.5 Å². The van der Waals surface area contributed by atoms with Crippen molar-refractivity contribution in [2.24, 2.45) is 27.9 Å². The highest BCUT2D eigenvalue weighted by atomic mass is 16.4. The summed E-state index contributed by atoms with van der Waals surface area (Å²) in [5, 5.41) is 14.5. The van der Waals surface area contributed by atoms with E-state index in [-0.39, 0.29) is 18.8 Å². The molecule has 172 valence electrons. The first-order valence-electron chi connectivity index (χ1n) is 10.1. The molecule has 0 aliphatic rings. The molecule has 0 saturated carbocycles. The summed E-state index contributed by atoms with van der Waals surface area (Å²) in [5.41, 5.74) is 22.7. The van der Waals surface area contributed by atoms with Crippen LogP contribution in [0.1, 0.15) is 31.2 Å². The Morgan fingerprint density at radius 1 is 0.968 bits per heavy atom. The molecule has 0 bridgehead atoms. The first-order chi connectivity index (χ1) is 14.7. The lowest BCUT2D eigenvalue weighted by atomic mass is 10.0. The van der Waals surface area contributed by atoms with Crippen LogP contribution in [-0.4, -0.2) is 60.1 Å². The fourth-order valence-electron chi connectivity index (χ4n) is 2.84. The van der Waals surface area contributed by atoms with Crippen LogP contribution in [0.2, 0.25) is 0 Å². The summed E-state index contributed by atoms with van der Waals surface area (Å²) < 4.78 is 0. The van der Waals surface area contributed by atoms with Crippen LogP contribution in [0.25, 0.3) is 0 Å². The number of benzene rings is 1. The first-order valence-corrected chi connectivity index (χ1v) is 10.1. The van der Waals surface area contributed by atoms with E-state index in [0.717, 1.165) is 5.56 Å². The summed E-state index contributed by atoms with van der Waals surface area (Å²) in [5.74, 6) is -2.33. The zero-order chi connectivity index (χ0) is 23.2. The van der Waals surface area contributed by atoms with Gasteiger partial charge in [0.2, 0.25) is 11.8 Å². The Bertz CT molecular complexity index is 738. The molecule has 0 spiro atoms. The molecule has 0 aliphatic carbocycles. The molecule has 11 heteroatoms. The summed E-state index contributed by atoms with van der Waals surface area (Å²) in [6.07, 6.45) is 1.61. The number of hydrogen-bond donors (Lipinski definition) is 7. The van der Waals surface area contributed by atoms with Crippen LogP contribution < -0.4 is 33.6 Å². The molecule has 1 aromatic carbocycles. The van der Waals surface area contributed by atoms with E-state index in [1.807, 2.05) is 30.3 Å². The minimum Gasteiger partial charge on any atom is -0.480 e. The van der Waals surface area contributed by atoms with Gasteiger partial charge in [-0.2, -0.15) is 0 Å². The van der Waals surface area contributed by atoms with Gasteiger partial charge in [0.1, 0.15) is 12.1 Å². The topological polar surface area (TPSA) is 212 Å². The molecule has 1 aromatic rings. The van der Waals surface area contributed by atoms with Crippen LogP contribution in [0.3, 0.4) is 0 Å². The molecule has 0 aromatic heterocycles. The van der Waals surface area contributed by atoms with Crippen molar-refractivity contribution in [2.45, 2.75) is 50.2 Å². The first kappa shape index (κ1) is 25.9. The summed E-state index contributed by atoms with van der Waals surface area (Å²) >= 11 is 0. The molecule has 31 heavy (non-hydrogen) atoms. The Balaban J connectivity index is 2.82. The molecule has 0 fully saturated rings. The number of nitrogens with one attached hydrogen (secondary N) is 2. The van der Waals surface area contributed by atoms with Gasteiger partial charge in [-0.1, -0.05) is 30.3 Å². The number of carboxylic acid groups (broad SMARTS) is 1. The van der Waals surface area contributed by atoms with E-state index in [1.165, 1.54) is 0 Å². The van der Waals surface area contributed by atoms with Crippen LogP contribution >= 0.6 is 0 Å². The van der Waals surface area contributed by atoms with E-state index < -0.39 is 35.9 Å². The molecule has 0 heterocycles. The highest BCUT2D eigenvalue weighted by molar-refractivity contribution is 5.92. The third-order valence-corrected chi connectivity index (χ3v) is 4.53. The Morgan fingerprint density at radius 3 is 2.19 bits per heavy atom. The number of nitrogens with two attached hydrogens (primary N) is 4. The number of carbonyl (C=O) groups excluding carboxylic acids is 2. The number of aliphatic imine (C=N–C) groups is 1. The van der Waals surface area contributed by atoms with Crippen molar-refractivity contribution in [3.05, 3.63) is 35.9 Å². The third kappa shape index (κ3) is 10.4. The zero-order valence-corrected chi connectivity index (χ0v) is 17.5. The molecule has 0 saturated heterocycles. The molecule has 0 unspecified atom stereocenters. The molecular formula is C20H33N7O4. The molecule has 0 aliphatic heterocycles. The number of amides is 2. The maximum atomic E-state index is 12.8. The average Bonchev–Trinajstić information content (AvgIpc) is 2.73. The van der Waals surface area contributed by atoms with Crippen LogP contribution in [0, 0.1) is 0 Å². The number of rotatable bonds is 14. The summed E-state index contributed by atoms with van der Waals surface area (Å²) in [6, 6.07) is 6.11. The van der Waals surface area contributed by atoms with Crippen molar-refractivity contribution in [2.75, 3.05) is 13.1 Å². The summed E-state index contributed by atoms with van der Waals surface area (Å²) in [7, 11) is 0. The number of carbonyl (C=O) groups is 3. The van der Waals surface area contributed by atoms with Crippen LogP contribution in [0.4, 0.5) is 0 Å². The predicted octanol–water partition coefficient (Wildman–Crippen LogP) is -1.60. The van der Waals surface area contributed by atoms with Gasteiger partial charge in [-0.05, 0) is 37.8 Å². The monoisotopic (exact) mass is 435 g/mol. The van der Waals surface area contributed by atoms with Gasteiger partial charge in [0.05, 0.1) is 6.04 Å². The molecule has 2 amide bonds. The molecule has 1 rings (SSSR count). The van der Waals surface area contributed by atoms with Crippen molar-refractivity contribution in [1.82, 2.24) is 10.6 Å². The highest BCUT2D eigenvalue weighted by Crippen LogP contribution is 2.06. The van der Waals surface area contributed by atoms with Gasteiger partial charge in [0, 0.05) is 13.0 Å². The average molecular weight is 436 g/mol. The standard InChI is InChI=1S/C20H33N7O4/c21-10-4-9-15(19(30)31)26-18(29)16(12-13-6-2-1-3-7-13)27-17(28)14(22)8-5-11-25-20(23)24/h1-3,6-7,14-16H,4-5,8-12,21-22H2,(H,26,29)(H,27,28)(H,30,31)(H4,23,24,25)/t14-,15-,16-/m0/s1. The quantitative estimate of drug-likeness (QED) is 0.102.